The Labute approximate surface area is 262 Å². The Morgan fingerprint density at radius 1 is 0.500 bits per heavy atom. The zero-order valence-corrected chi connectivity index (χ0v) is 28.4. The second kappa shape index (κ2) is 33.2. The Morgan fingerprint density at radius 2 is 0.810 bits per heavy atom. The molecule has 5 heteroatoms. The molecule has 0 fully saturated rings. The second-order valence-electron chi connectivity index (χ2n) is 13.1. The Morgan fingerprint density at radius 3 is 1.14 bits per heavy atom. The minimum absolute atomic E-state index is 0.143. The fraction of sp³-hybridized carbons (Fsp3) is 0.973. The molecular weight excluding hydrogens is 522 g/mol. The van der Waals surface area contributed by atoms with E-state index in [1.165, 1.54) is 148 Å². The third-order valence-electron chi connectivity index (χ3n) is 8.96. The van der Waals surface area contributed by atoms with Crippen LogP contribution in [0.1, 0.15) is 206 Å². The lowest BCUT2D eigenvalue weighted by molar-refractivity contribution is -0.124. The molecule has 0 saturated carbocycles. The van der Waals surface area contributed by atoms with Gasteiger partial charge in [0.2, 0.25) is 5.91 Å². The van der Waals surface area contributed by atoms with Crippen LogP contribution in [0.4, 0.5) is 0 Å². The van der Waals surface area contributed by atoms with Gasteiger partial charge in [-0.25, -0.2) is 0 Å². The molecule has 0 aromatic heterocycles. The number of unbranched alkanes of at least 4 members (excludes halogenated alkanes) is 26. The van der Waals surface area contributed by atoms with E-state index in [-0.39, 0.29) is 12.5 Å². The van der Waals surface area contributed by atoms with E-state index < -0.39 is 18.2 Å². The molecule has 0 spiro atoms. The molecule has 0 rings (SSSR count). The first-order chi connectivity index (χ1) is 20.6. The minimum atomic E-state index is -1.13. The van der Waals surface area contributed by atoms with Gasteiger partial charge in [-0.1, -0.05) is 187 Å². The van der Waals surface area contributed by atoms with E-state index in [1.807, 2.05) is 0 Å². The summed E-state index contributed by atoms with van der Waals surface area (Å²) in [4.78, 5) is 12.3. The molecule has 0 aromatic carbocycles. The van der Waals surface area contributed by atoms with Crippen molar-refractivity contribution < 1.29 is 20.1 Å². The van der Waals surface area contributed by atoms with Gasteiger partial charge in [-0.2, -0.15) is 0 Å². The van der Waals surface area contributed by atoms with Gasteiger partial charge in [0.15, 0.2) is 0 Å². The van der Waals surface area contributed by atoms with Crippen molar-refractivity contribution in [1.29, 1.82) is 0 Å². The van der Waals surface area contributed by atoms with Crippen LogP contribution in [0.5, 0.6) is 0 Å². The number of aliphatic hydroxyl groups excluding tert-OH is 3. The van der Waals surface area contributed by atoms with Crippen molar-refractivity contribution >= 4 is 5.91 Å². The first kappa shape index (κ1) is 41.4. The van der Waals surface area contributed by atoms with E-state index in [0.29, 0.717) is 12.8 Å². The molecule has 0 aromatic rings. The summed E-state index contributed by atoms with van der Waals surface area (Å²) in [7, 11) is 0. The highest BCUT2D eigenvalue weighted by atomic mass is 16.3. The molecule has 0 aliphatic heterocycles. The molecule has 0 aliphatic rings. The van der Waals surface area contributed by atoms with Gasteiger partial charge >= 0.3 is 0 Å². The first-order valence-electron chi connectivity index (χ1n) is 18.8. The van der Waals surface area contributed by atoms with Gasteiger partial charge in [-0.05, 0) is 12.8 Å². The second-order valence-corrected chi connectivity index (χ2v) is 13.1. The van der Waals surface area contributed by atoms with Gasteiger partial charge in [0, 0.05) is 6.42 Å². The van der Waals surface area contributed by atoms with Crippen LogP contribution >= 0.6 is 0 Å². The van der Waals surface area contributed by atoms with Gasteiger partial charge < -0.3 is 20.6 Å². The summed E-state index contributed by atoms with van der Waals surface area (Å²) in [5.74, 6) is -0.143. The van der Waals surface area contributed by atoms with Crippen LogP contribution in [0.3, 0.4) is 0 Å². The zero-order valence-electron chi connectivity index (χ0n) is 28.4. The Kier molecular flexibility index (Phi) is 32.7. The van der Waals surface area contributed by atoms with Gasteiger partial charge in [-0.15, -0.1) is 0 Å². The normalized spacial score (nSPS) is 13.7. The number of carbonyl (C=O) groups excluding carboxylic acids is 1. The summed E-state index contributed by atoms with van der Waals surface area (Å²) >= 11 is 0. The molecular formula is C37H75NO4. The van der Waals surface area contributed by atoms with E-state index in [0.717, 1.165) is 32.1 Å². The van der Waals surface area contributed by atoms with E-state index >= 15 is 0 Å². The summed E-state index contributed by atoms with van der Waals surface area (Å²) in [5, 5.41) is 33.4. The van der Waals surface area contributed by atoms with E-state index in [2.05, 4.69) is 19.2 Å². The number of aliphatic hydroxyl groups is 3. The largest absolute Gasteiger partial charge is 0.394 e. The molecule has 0 bridgehead atoms. The van der Waals surface area contributed by atoms with Crippen molar-refractivity contribution in [3.63, 3.8) is 0 Å². The average molecular weight is 598 g/mol. The van der Waals surface area contributed by atoms with Gasteiger partial charge in [0.25, 0.3) is 0 Å². The lowest BCUT2D eigenvalue weighted by atomic mass is 9.99. The predicted octanol–water partition coefficient (Wildman–Crippen LogP) is 9.93. The van der Waals surface area contributed by atoms with Gasteiger partial charge in [0.05, 0.1) is 18.8 Å². The topological polar surface area (TPSA) is 89.8 Å². The summed E-state index contributed by atoms with van der Waals surface area (Å²) in [6, 6.07) is -0.800. The number of rotatable bonds is 34. The molecule has 252 valence electrons. The monoisotopic (exact) mass is 598 g/mol. The number of carbonyl (C=O) groups is 1. The summed E-state index contributed by atoms with van der Waals surface area (Å²) in [5.41, 5.74) is 0. The van der Waals surface area contributed by atoms with Crippen LogP contribution in [-0.4, -0.2) is 46.1 Å². The minimum Gasteiger partial charge on any atom is -0.394 e. The molecule has 0 heterocycles. The van der Waals surface area contributed by atoms with E-state index in [4.69, 9.17) is 0 Å². The molecule has 5 nitrogen and oxygen atoms in total. The predicted molar refractivity (Wildman–Crippen MR) is 181 cm³/mol. The van der Waals surface area contributed by atoms with Crippen molar-refractivity contribution in [3.05, 3.63) is 0 Å². The van der Waals surface area contributed by atoms with Gasteiger partial charge in [-0.3, -0.25) is 4.79 Å². The van der Waals surface area contributed by atoms with Crippen molar-refractivity contribution in [2.24, 2.45) is 0 Å². The quantitative estimate of drug-likeness (QED) is 0.0556. The fourth-order valence-corrected chi connectivity index (χ4v) is 5.99. The molecule has 0 aliphatic carbocycles. The maximum Gasteiger partial charge on any atom is 0.220 e. The van der Waals surface area contributed by atoms with Crippen LogP contribution in [0.15, 0.2) is 0 Å². The standard InChI is InChI=1S/C37H75NO4/c1-3-5-7-9-11-13-15-17-18-20-21-23-25-27-29-31-35(40)37(42)34(33-39)38-36(41)32-30-28-26-24-22-19-16-14-12-10-8-6-4-2/h34-35,37,39-40,42H,3-33H2,1-2H3,(H,38,41)/t34-,35+,37-/m0/s1. The van der Waals surface area contributed by atoms with Crippen LogP contribution in [-0.2, 0) is 4.79 Å². The molecule has 0 saturated heterocycles. The van der Waals surface area contributed by atoms with E-state index in [1.54, 1.807) is 0 Å². The van der Waals surface area contributed by atoms with E-state index in [9.17, 15) is 20.1 Å². The van der Waals surface area contributed by atoms with Crippen LogP contribution in [0.2, 0.25) is 0 Å². The number of nitrogens with one attached hydrogen (secondary N) is 1. The molecule has 0 unspecified atom stereocenters. The zero-order chi connectivity index (χ0) is 30.9. The number of hydrogen-bond acceptors (Lipinski definition) is 4. The Bertz CT molecular complexity index is 544. The first-order valence-corrected chi connectivity index (χ1v) is 18.8. The summed E-state index contributed by atoms with van der Waals surface area (Å²) in [6.07, 6.45) is 34.7. The van der Waals surface area contributed by atoms with Crippen molar-refractivity contribution in [2.45, 2.75) is 225 Å². The van der Waals surface area contributed by atoms with Crippen LogP contribution in [0.25, 0.3) is 0 Å². The highest BCUT2D eigenvalue weighted by molar-refractivity contribution is 5.76. The van der Waals surface area contributed by atoms with Crippen molar-refractivity contribution in [1.82, 2.24) is 5.32 Å². The van der Waals surface area contributed by atoms with Crippen molar-refractivity contribution in [3.8, 4) is 0 Å². The van der Waals surface area contributed by atoms with Crippen LogP contribution in [0, 0.1) is 0 Å². The Balaban J connectivity index is 3.65. The Hall–Kier alpha value is -0.650. The lowest BCUT2D eigenvalue weighted by Gasteiger charge is -2.26. The molecule has 0 radical (unpaired) electrons. The number of hydrogen-bond donors (Lipinski definition) is 4. The SMILES string of the molecule is CCCCCCCCCCCCCCCCC[C@@H](O)[C@@H](O)[C@H](CO)NC(=O)CCCCCCCCCCCCCCC. The maximum absolute atomic E-state index is 12.3. The maximum atomic E-state index is 12.3. The summed E-state index contributed by atoms with van der Waals surface area (Å²) < 4.78 is 0. The lowest BCUT2D eigenvalue weighted by Crippen LogP contribution is -2.50. The highest BCUT2D eigenvalue weighted by Crippen LogP contribution is 2.16. The number of amides is 1. The molecule has 3 atom stereocenters. The van der Waals surface area contributed by atoms with Crippen LogP contribution < -0.4 is 5.32 Å². The fourth-order valence-electron chi connectivity index (χ4n) is 5.99. The van der Waals surface area contributed by atoms with Gasteiger partial charge in [0.1, 0.15) is 6.10 Å². The molecule has 42 heavy (non-hydrogen) atoms. The third-order valence-corrected chi connectivity index (χ3v) is 8.96. The molecule has 4 N–H and O–H groups in total. The van der Waals surface area contributed by atoms with Crippen molar-refractivity contribution in [2.75, 3.05) is 6.61 Å². The summed E-state index contributed by atoms with van der Waals surface area (Å²) in [6.45, 7) is 4.17. The highest BCUT2D eigenvalue weighted by Gasteiger charge is 2.26. The average Bonchev–Trinajstić information content (AvgIpc) is 2.99. The molecule has 1 amide bonds. The smallest absolute Gasteiger partial charge is 0.220 e. The third kappa shape index (κ3) is 28.1.